The molecule has 7 nitrogen and oxygen atoms in total. The van der Waals surface area contributed by atoms with E-state index in [0.717, 1.165) is 24.8 Å². The van der Waals surface area contributed by atoms with E-state index in [1.165, 1.54) is 12.3 Å². The molecule has 1 aromatic carbocycles. The van der Waals surface area contributed by atoms with Crippen LogP contribution >= 0.6 is 0 Å². The van der Waals surface area contributed by atoms with E-state index >= 15 is 0 Å². The summed E-state index contributed by atoms with van der Waals surface area (Å²) < 4.78 is 32.4. The number of sulfonamides is 1. The minimum Gasteiger partial charge on any atom is -0.351 e. The number of amides is 1. The Hall–Kier alpha value is -2.19. The molecule has 1 aliphatic rings. The van der Waals surface area contributed by atoms with Crippen LogP contribution in [0.5, 0.6) is 0 Å². The molecule has 2 aromatic rings. The Labute approximate surface area is 153 Å². The van der Waals surface area contributed by atoms with Crippen molar-refractivity contribution in [1.29, 1.82) is 0 Å². The van der Waals surface area contributed by atoms with E-state index in [1.54, 1.807) is 16.4 Å². The van der Waals surface area contributed by atoms with E-state index in [9.17, 15) is 13.2 Å². The molecule has 1 atom stereocenters. The summed E-state index contributed by atoms with van der Waals surface area (Å²) in [5.74, 6) is -0.191. The summed E-state index contributed by atoms with van der Waals surface area (Å²) in [6.45, 7) is 2.82. The molecule has 1 N–H and O–H groups in total. The van der Waals surface area contributed by atoms with Crippen LogP contribution in [0, 0.1) is 6.92 Å². The SMILES string of the molecule is Cc1ccc(S(=O)(=O)N2CCCCC2CCNC(=O)c2ccno2)cc1. The Morgan fingerprint density at radius 3 is 2.73 bits per heavy atom. The molecule has 1 saturated heterocycles. The predicted octanol–water partition coefficient (Wildman–Crippen LogP) is 2.35. The summed E-state index contributed by atoms with van der Waals surface area (Å²) in [6, 6.07) is 8.30. The first-order chi connectivity index (χ1) is 12.5. The predicted molar refractivity (Wildman–Crippen MR) is 96.2 cm³/mol. The number of benzene rings is 1. The Kier molecular flexibility index (Phi) is 5.73. The van der Waals surface area contributed by atoms with Crippen molar-refractivity contribution in [3.63, 3.8) is 0 Å². The minimum atomic E-state index is -3.53. The van der Waals surface area contributed by atoms with Gasteiger partial charge in [-0.15, -0.1) is 0 Å². The van der Waals surface area contributed by atoms with Crippen molar-refractivity contribution in [3.05, 3.63) is 47.9 Å². The van der Waals surface area contributed by atoms with Crippen molar-refractivity contribution in [1.82, 2.24) is 14.8 Å². The third-order valence-corrected chi connectivity index (χ3v) is 6.59. The minimum absolute atomic E-state index is 0.120. The van der Waals surface area contributed by atoms with Gasteiger partial charge in [-0.2, -0.15) is 4.31 Å². The van der Waals surface area contributed by atoms with Gasteiger partial charge in [0.05, 0.1) is 11.1 Å². The zero-order chi connectivity index (χ0) is 18.6. The van der Waals surface area contributed by atoms with Gasteiger partial charge in [0, 0.05) is 25.2 Å². The lowest BCUT2D eigenvalue weighted by atomic mass is 10.0. The maximum Gasteiger partial charge on any atom is 0.289 e. The number of hydrogen-bond donors (Lipinski definition) is 1. The number of carbonyl (C=O) groups excluding carboxylic acids is 1. The highest BCUT2D eigenvalue weighted by atomic mass is 32.2. The average Bonchev–Trinajstić information content (AvgIpc) is 3.17. The monoisotopic (exact) mass is 377 g/mol. The van der Waals surface area contributed by atoms with Gasteiger partial charge in [0.2, 0.25) is 15.8 Å². The van der Waals surface area contributed by atoms with Gasteiger partial charge < -0.3 is 9.84 Å². The molecule has 0 radical (unpaired) electrons. The molecule has 0 aliphatic carbocycles. The molecular weight excluding hydrogens is 354 g/mol. The van der Waals surface area contributed by atoms with Crippen LogP contribution in [0.25, 0.3) is 0 Å². The summed E-state index contributed by atoms with van der Waals surface area (Å²) >= 11 is 0. The third kappa shape index (κ3) is 4.13. The van der Waals surface area contributed by atoms with Crippen LogP contribution in [-0.2, 0) is 10.0 Å². The fourth-order valence-corrected chi connectivity index (χ4v) is 4.92. The van der Waals surface area contributed by atoms with Crippen LogP contribution in [0.2, 0.25) is 0 Å². The fourth-order valence-electron chi connectivity index (χ4n) is 3.20. The lowest BCUT2D eigenvalue weighted by Gasteiger charge is -2.34. The molecule has 2 heterocycles. The quantitative estimate of drug-likeness (QED) is 0.834. The average molecular weight is 377 g/mol. The van der Waals surface area contributed by atoms with Gasteiger partial charge in [-0.3, -0.25) is 4.79 Å². The number of aromatic nitrogens is 1. The van der Waals surface area contributed by atoms with Crippen molar-refractivity contribution in [2.24, 2.45) is 0 Å². The highest BCUT2D eigenvalue weighted by Gasteiger charge is 2.33. The Morgan fingerprint density at radius 2 is 2.04 bits per heavy atom. The van der Waals surface area contributed by atoms with E-state index in [0.29, 0.717) is 24.4 Å². The van der Waals surface area contributed by atoms with Crippen molar-refractivity contribution in [2.45, 2.75) is 43.5 Å². The molecule has 3 rings (SSSR count). The molecule has 140 valence electrons. The highest BCUT2D eigenvalue weighted by Crippen LogP contribution is 2.27. The smallest absolute Gasteiger partial charge is 0.289 e. The first-order valence-corrected chi connectivity index (χ1v) is 10.2. The maximum atomic E-state index is 13.0. The Bertz CT molecular complexity index is 832. The van der Waals surface area contributed by atoms with Crippen molar-refractivity contribution in [3.8, 4) is 0 Å². The number of rotatable bonds is 6. The standard InChI is InChI=1S/C18H23N3O4S/c1-14-5-7-16(8-6-14)26(23,24)21-13-3-2-4-15(21)9-11-19-18(22)17-10-12-20-25-17/h5-8,10,12,15H,2-4,9,11,13H2,1H3,(H,19,22). The van der Waals surface area contributed by atoms with Gasteiger partial charge >= 0.3 is 0 Å². The van der Waals surface area contributed by atoms with E-state index in [-0.39, 0.29) is 17.7 Å². The zero-order valence-electron chi connectivity index (χ0n) is 14.7. The summed E-state index contributed by atoms with van der Waals surface area (Å²) in [5, 5.41) is 6.26. The molecule has 0 saturated carbocycles. The zero-order valence-corrected chi connectivity index (χ0v) is 15.5. The van der Waals surface area contributed by atoms with Gasteiger partial charge in [0.1, 0.15) is 0 Å². The van der Waals surface area contributed by atoms with E-state index in [1.807, 2.05) is 19.1 Å². The van der Waals surface area contributed by atoms with E-state index in [4.69, 9.17) is 4.52 Å². The first kappa shape index (κ1) is 18.6. The van der Waals surface area contributed by atoms with Gasteiger partial charge in [0.15, 0.2) is 0 Å². The van der Waals surface area contributed by atoms with Gasteiger partial charge in [0.25, 0.3) is 5.91 Å². The lowest BCUT2D eigenvalue weighted by Crippen LogP contribution is -2.45. The van der Waals surface area contributed by atoms with Crippen LogP contribution in [0.1, 0.15) is 41.8 Å². The molecule has 1 amide bonds. The molecular formula is C18H23N3O4S. The van der Waals surface area contributed by atoms with Crippen molar-refractivity contribution >= 4 is 15.9 Å². The number of aryl methyl sites for hydroxylation is 1. The maximum absolute atomic E-state index is 13.0. The number of carbonyl (C=O) groups is 1. The highest BCUT2D eigenvalue weighted by molar-refractivity contribution is 7.89. The van der Waals surface area contributed by atoms with Gasteiger partial charge in [-0.05, 0) is 38.3 Å². The lowest BCUT2D eigenvalue weighted by molar-refractivity contribution is 0.0912. The largest absolute Gasteiger partial charge is 0.351 e. The molecule has 8 heteroatoms. The third-order valence-electron chi connectivity index (χ3n) is 4.63. The first-order valence-electron chi connectivity index (χ1n) is 8.76. The molecule has 1 fully saturated rings. The summed E-state index contributed by atoms with van der Waals surface area (Å²) in [6.07, 6.45) is 4.60. The molecule has 26 heavy (non-hydrogen) atoms. The number of piperidine rings is 1. The fraction of sp³-hybridized carbons (Fsp3) is 0.444. The molecule has 1 aromatic heterocycles. The summed E-state index contributed by atoms with van der Waals surface area (Å²) in [7, 11) is -3.53. The van der Waals surface area contributed by atoms with Crippen LogP contribution in [-0.4, -0.2) is 42.9 Å². The molecule has 0 bridgehead atoms. The molecule has 0 spiro atoms. The van der Waals surface area contributed by atoms with Crippen LogP contribution in [0.4, 0.5) is 0 Å². The number of hydrogen-bond acceptors (Lipinski definition) is 5. The summed E-state index contributed by atoms with van der Waals surface area (Å²) in [4.78, 5) is 12.2. The Morgan fingerprint density at radius 1 is 1.27 bits per heavy atom. The Balaban J connectivity index is 1.65. The van der Waals surface area contributed by atoms with Crippen molar-refractivity contribution < 1.29 is 17.7 Å². The van der Waals surface area contributed by atoms with Crippen LogP contribution in [0.3, 0.4) is 0 Å². The van der Waals surface area contributed by atoms with Crippen molar-refractivity contribution in [2.75, 3.05) is 13.1 Å². The van der Waals surface area contributed by atoms with Gasteiger partial charge in [-0.25, -0.2) is 8.42 Å². The van der Waals surface area contributed by atoms with E-state index in [2.05, 4.69) is 10.5 Å². The second kappa shape index (κ2) is 8.01. The van der Waals surface area contributed by atoms with Crippen LogP contribution < -0.4 is 5.32 Å². The topological polar surface area (TPSA) is 92.5 Å². The number of nitrogens with zero attached hydrogens (tertiary/aromatic N) is 2. The second-order valence-electron chi connectivity index (χ2n) is 6.50. The van der Waals surface area contributed by atoms with Crippen LogP contribution in [0.15, 0.2) is 45.9 Å². The summed E-state index contributed by atoms with van der Waals surface area (Å²) in [5.41, 5.74) is 1.02. The number of nitrogens with one attached hydrogen (secondary N) is 1. The van der Waals surface area contributed by atoms with E-state index < -0.39 is 10.0 Å². The molecule has 1 aliphatic heterocycles. The second-order valence-corrected chi connectivity index (χ2v) is 8.39. The van der Waals surface area contributed by atoms with Gasteiger partial charge in [-0.1, -0.05) is 29.3 Å². The normalized spacial score (nSPS) is 18.6. The molecule has 1 unspecified atom stereocenters.